The van der Waals surface area contributed by atoms with Crippen molar-refractivity contribution in [2.24, 2.45) is 11.3 Å². The van der Waals surface area contributed by atoms with Crippen LogP contribution in [0.25, 0.3) is 11.8 Å². The van der Waals surface area contributed by atoms with Gasteiger partial charge in [-0.05, 0) is 79.8 Å². The van der Waals surface area contributed by atoms with Gasteiger partial charge >= 0.3 is 0 Å². The number of aliphatic hydroxyl groups is 1. The maximum Gasteiger partial charge on any atom is 0.123 e. The number of hydrogen-bond acceptors (Lipinski definition) is 2. The lowest BCUT2D eigenvalue weighted by Gasteiger charge is -2.47. The summed E-state index contributed by atoms with van der Waals surface area (Å²) in [5, 5.41) is 15.3. The Labute approximate surface area is 153 Å². The molecule has 0 spiro atoms. The topological polar surface area (TPSA) is 38.1 Å². The molecule has 0 bridgehead atoms. The average Bonchev–Trinajstić information content (AvgIpc) is 3.01. The lowest BCUT2D eigenvalue weighted by molar-refractivity contribution is 0.0462. The van der Waals surface area contributed by atoms with Gasteiger partial charge in [0.2, 0.25) is 0 Å². The molecule has 0 aliphatic heterocycles. The summed E-state index contributed by atoms with van der Waals surface area (Å²) in [6.07, 6.45) is 7.69. The highest BCUT2D eigenvalue weighted by Crippen LogP contribution is 2.52. The molecule has 2 aliphatic rings. The largest absolute Gasteiger partial charge is 0.388 e. The van der Waals surface area contributed by atoms with Crippen molar-refractivity contribution >= 4 is 6.08 Å². The van der Waals surface area contributed by atoms with Crippen molar-refractivity contribution in [2.75, 3.05) is 0 Å². The predicted molar refractivity (Wildman–Crippen MR) is 101 cm³/mol. The minimum absolute atomic E-state index is 0.0692. The normalized spacial score (nSPS) is 25.8. The summed E-state index contributed by atoms with van der Waals surface area (Å²) in [4.78, 5) is 0. The van der Waals surface area contributed by atoms with Gasteiger partial charge < -0.3 is 5.11 Å². The molecule has 1 heterocycles. The molecule has 26 heavy (non-hydrogen) atoms. The van der Waals surface area contributed by atoms with Crippen LogP contribution in [0.1, 0.15) is 44.4 Å². The summed E-state index contributed by atoms with van der Waals surface area (Å²) in [5.41, 5.74) is 5.27. The van der Waals surface area contributed by atoms with E-state index >= 15 is 0 Å². The summed E-state index contributed by atoms with van der Waals surface area (Å²) in [7, 11) is 0. The number of allylic oxidation sites excluding steroid dienone is 1. The van der Waals surface area contributed by atoms with Gasteiger partial charge in [-0.25, -0.2) is 9.07 Å². The van der Waals surface area contributed by atoms with Crippen LogP contribution in [0.15, 0.2) is 48.2 Å². The van der Waals surface area contributed by atoms with Crippen molar-refractivity contribution < 1.29 is 9.50 Å². The fourth-order valence-corrected chi connectivity index (χ4v) is 4.72. The van der Waals surface area contributed by atoms with E-state index in [4.69, 9.17) is 0 Å². The number of hydrogen-bond donors (Lipinski definition) is 1. The van der Waals surface area contributed by atoms with Crippen LogP contribution in [0, 0.1) is 17.2 Å². The van der Waals surface area contributed by atoms with E-state index in [1.54, 1.807) is 12.1 Å². The number of fused-ring (bicyclic) bond motifs is 2. The highest BCUT2D eigenvalue weighted by Gasteiger charge is 2.46. The van der Waals surface area contributed by atoms with E-state index in [0.29, 0.717) is 0 Å². The fraction of sp³-hybridized carbons (Fsp3) is 0.409. The number of halogens is 1. The summed E-state index contributed by atoms with van der Waals surface area (Å²) >= 11 is 0. The van der Waals surface area contributed by atoms with Gasteiger partial charge in [0.05, 0.1) is 23.7 Å². The summed E-state index contributed by atoms with van der Waals surface area (Å²) in [6, 6.07) is 6.43. The molecule has 3 nitrogen and oxygen atoms in total. The van der Waals surface area contributed by atoms with Crippen LogP contribution in [0.3, 0.4) is 0 Å². The van der Waals surface area contributed by atoms with Crippen molar-refractivity contribution in [3.8, 4) is 5.69 Å². The van der Waals surface area contributed by atoms with Gasteiger partial charge in [-0.1, -0.05) is 24.6 Å². The van der Waals surface area contributed by atoms with Crippen LogP contribution in [0.4, 0.5) is 4.39 Å². The second-order valence-electron chi connectivity index (χ2n) is 8.00. The zero-order valence-electron chi connectivity index (χ0n) is 15.4. The average molecular weight is 352 g/mol. The summed E-state index contributed by atoms with van der Waals surface area (Å²) < 4.78 is 15.1. The fourth-order valence-electron chi connectivity index (χ4n) is 4.72. The second kappa shape index (κ2) is 6.20. The summed E-state index contributed by atoms with van der Waals surface area (Å²) in [5.74, 6) is -0.0630. The van der Waals surface area contributed by atoms with Gasteiger partial charge in [0.25, 0.3) is 0 Å². The minimum Gasteiger partial charge on any atom is -0.388 e. The molecule has 3 atom stereocenters. The molecule has 0 saturated heterocycles. The monoisotopic (exact) mass is 352 g/mol. The van der Waals surface area contributed by atoms with Crippen LogP contribution < -0.4 is 0 Å². The quantitative estimate of drug-likeness (QED) is 0.814. The molecule has 2 aliphatic carbocycles. The lowest BCUT2D eigenvalue weighted by atomic mass is 9.58. The number of benzene rings is 1. The van der Waals surface area contributed by atoms with Crippen molar-refractivity contribution in [3.05, 3.63) is 65.3 Å². The highest BCUT2D eigenvalue weighted by atomic mass is 19.1. The molecule has 1 saturated carbocycles. The SMILES string of the molecule is C=C(C)[C@H](O)C1CCCC2=Cc3c(cnn3-c3ccc(F)cc3)CC21C. The minimum atomic E-state index is -0.475. The Bertz CT molecular complexity index is 880. The molecule has 0 amide bonds. The standard InChI is InChI=1S/C22H25FN2O/c1-14(2)21(26)19-6-4-5-16-11-20-15(12-22(16,19)3)13-24-25(20)18-9-7-17(23)8-10-18/h7-11,13,19,21,26H,1,4-6,12H2,2-3H3/t19?,21-,22?/m0/s1. The molecule has 2 unspecified atom stereocenters. The molecule has 2 aromatic rings. The third-order valence-electron chi connectivity index (χ3n) is 6.23. The number of nitrogens with zero attached hydrogens (tertiary/aromatic N) is 2. The van der Waals surface area contributed by atoms with Crippen molar-refractivity contribution in [1.82, 2.24) is 9.78 Å². The van der Waals surface area contributed by atoms with Gasteiger partial charge in [-0.15, -0.1) is 0 Å². The van der Waals surface area contributed by atoms with E-state index in [2.05, 4.69) is 24.7 Å². The van der Waals surface area contributed by atoms with Gasteiger partial charge in [0.1, 0.15) is 5.82 Å². The first-order valence-electron chi connectivity index (χ1n) is 9.27. The zero-order valence-corrected chi connectivity index (χ0v) is 15.4. The Morgan fingerprint density at radius 3 is 2.81 bits per heavy atom. The molecular formula is C22H25FN2O. The van der Waals surface area contributed by atoms with Crippen LogP contribution >= 0.6 is 0 Å². The molecule has 1 aromatic heterocycles. The van der Waals surface area contributed by atoms with E-state index in [9.17, 15) is 9.50 Å². The van der Waals surface area contributed by atoms with Crippen LogP contribution in [-0.2, 0) is 6.42 Å². The molecule has 4 rings (SSSR count). The number of aliphatic hydroxyl groups excluding tert-OH is 1. The van der Waals surface area contributed by atoms with Gasteiger partial charge in [0.15, 0.2) is 0 Å². The van der Waals surface area contributed by atoms with Crippen molar-refractivity contribution in [1.29, 1.82) is 0 Å². The van der Waals surface area contributed by atoms with Crippen molar-refractivity contribution in [3.63, 3.8) is 0 Å². The molecule has 1 fully saturated rings. The van der Waals surface area contributed by atoms with Crippen LogP contribution in [-0.4, -0.2) is 21.0 Å². The van der Waals surface area contributed by atoms with Crippen LogP contribution in [0.5, 0.6) is 0 Å². The first-order chi connectivity index (χ1) is 12.4. The zero-order chi connectivity index (χ0) is 18.5. The number of rotatable bonds is 3. The second-order valence-corrected chi connectivity index (χ2v) is 8.00. The Morgan fingerprint density at radius 2 is 2.12 bits per heavy atom. The maximum absolute atomic E-state index is 13.3. The lowest BCUT2D eigenvalue weighted by Crippen LogP contribution is -2.43. The van der Waals surface area contributed by atoms with E-state index in [1.807, 2.05) is 17.8 Å². The third-order valence-corrected chi connectivity index (χ3v) is 6.23. The smallest absolute Gasteiger partial charge is 0.123 e. The van der Waals surface area contributed by atoms with E-state index < -0.39 is 6.10 Å². The predicted octanol–water partition coefficient (Wildman–Crippen LogP) is 4.69. The molecule has 1 N–H and O–H groups in total. The Balaban J connectivity index is 1.76. The Kier molecular flexibility index (Phi) is 4.11. The molecular weight excluding hydrogens is 327 g/mol. The Morgan fingerprint density at radius 1 is 1.38 bits per heavy atom. The molecule has 136 valence electrons. The Hall–Kier alpha value is -2.20. The molecule has 0 radical (unpaired) electrons. The van der Waals surface area contributed by atoms with Gasteiger partial charge in [-0.2, -0.15) is 5.10 Å². The maximum atomic E-state index is 13.3. The molecule has 4 heteroatoms. The van der Waals surface area contributed by atoms with E-state index in [-0.39, 0.29) is 17.2 Å². The first-order valence-corrected chi connectivity index (χ1v) is 9.27. The van der Waals surface area contributed by atoms with E-state index in [1.165, 1.54) is 23.3 Å². The summed E-state index contributed by atoms with van der Waals surface area (Å²) in [6.45, 7) is 8.16. The highest BCUT2D eigenvalue weighted by molar-refractivity contribution is 5.61. The first kappa shape index (κ1) is 17.2. The number of aromatic nitrogens is 2. The van der Waals surface area contributed by atoms with Crippen molar-refractivity contribution in [2.45, 2.75) is 45.6 Å². The third kappa shape index (κ3) is 2.64. The van der Waals surface area contributed by atoms with E-state index in [0.717, 1.165) is 42.6 Å². The van der Waals surface area contributed by atoms with Gasteiger partial charge in [0, 0.05) is 0 Å². The van der Waals surface area contributed by atoms with Crippen LogP contribution in [0.2, 0.25) is 0 Å². The van der Waals surface area contributed by atoms with Gasteiger partial charge in [-0.3, -0.25) is 0 Å². The molecule has 1 aromatic carbocycles.